The van der Waals surface area contributed by atoms with Crippen molar-refractivity contribution >= 4 is 5.88 Å². The SMILES string of the molecule is COc1ccc(C2CC2c2nc(C#N)c(N3CCC(C)CC3)o2)cc1. The molecule has 1 aromatic heterocycles. The Bertz CT molecular complexity index is 782. The molecule has 2 fully saturated rings. The van der Waals surface area contributed by atoms with Gasteiger partial charge in [0, 0.05) is 19.0 Å². The van der Waals surface area contributed by atoms with Gasteiger partial charge >= 0.3 is 0 Å². The second-order valence-electron chi connectivity index (χ2n) is 7.21. The normalized spacial score (nSPS) is 23.3. The van der Waals surface area contributed by atoms with Gasteiger partial charge in [0.1, 0.15) is 11.8 Å². The molecule has 0 spiro atoms. The molecule has 5 nitrogen and oxygen atoms in total. The van der Waals surface area contributed by atoms with Crippen molar-refractivity contribution in [2.75, 3.05) is 25.1 Å². The van der Waals surface area contributed by atoms with Crippen LogP contribution in [0.25, 0.3) is 0 Å². The molecular formula is C20H23N3O2. The predicted molar refractivity (Wildman–Crippen MR) is 94.9 cm³/mol. The summed E-state index contributed by atoms with van der Waals surface area (Å²) in [5.74, 6) is 3.69. The van der Waals surface area contributed by atoms with Crippen LogP contribution in [-0.4, -0.2) is 25.2 Å². The van der Waals surface area contributed by atoms with E-state index >= 15 is 0 Å². The third kappa shape index (κ3) is 3.09. The summed E-state index contributed by atoms with van der Waals surface area (Å²) < 4.78 is 11.3. The summed E-state index contributed by atoms with van der Waals surface area (Å²) in [5.41, 5.74) is 1.71. The molecule has 1 aliphatic carbocycles. The Labute approximate surface area is 148 Å². The van der Waals surface area contributed by atoms with Crippen LogP contribution < -0.4 is 9.64 Å². The van der Waals surface area contributed by atoms with Crippen molar-refractivity contribution < 1.29 is 9.15 Å². The third-order valence-corrected chi connectivity index (χ3v) is 5.45. The van der Waals surface area contributed by atoms with Crippen molar-refractivity contribution in [3.8, 4) is 11.8 Å². The van der Waals surface area contributed by atoms with Crippen molar-refractivity contribution in [1.29, 1.82) is 5.26 Å². The van der Waals surface area contributed by atoms with E-state index in [2.05, 4.69) is 35.0 Å². The third-order valence-electron chi connectivity index (χ3n) is 5.45. The molecule has 0 amide bonds. The number of benzene rings is 1. The second kappa shape index (κ2) is 6.44. The van der Waals surface area contributed by atoms with Crippen LogP contribution >= 0.6 is 0 Å². The molecular weight excluding hydrogens is 314 g/mol. The summed E-state index contributed by atoms with van der Waals surface area (Å²) in [4.78, 5) is 6.68. The zero-order chi connectivity index (χ0) is 17.4. The summed E-state index contributed by atoms with van der Waals surface area (Å²) in [7, 11) is 1.67. The van der Waals surface area contributed by atoms with E-state index in [0.29, 0.717) is 23.4 Å². The monoisotopic (exact) mass is 337 g/mol. The van der Waals surface area contributed by atoms with E-state index in [0.717, 1.165) is 44.0 Å². The summed E-state index contributed by atoms with van der Waals surface area (Å²) in [6, 6.07) is 10.4. The van der Waals surface area contributed by atoms with Crippen LogP contribution in [0.3, 0.4) is 0 Å². The van der Waals surface area contributed by atoms with E-state index in [4.69, 9.17) is 9.15 Å². The number of aromatic nitrogens is 1. The second-order valence-corrected chi connectivity index (χ2v) is 7.21. The molecule has 2 unspecified atom stereocenters. The fraction of sp³-hybridized carbons (Fsp3) is 0.500. The van der Waals surface area contributed by atoms with Crippen LogP contribution in [0.4, 0.5) is 5.88 Å². The number of oxazole rings is 1. The maximum absolute atomic E-state index is 9.44. The number of nitriles is 1. The van der Waals surface area contributed by atoms with Gasteiger partial charge in [-0.3, -0.25) is 0 Å². The van der Waals surface area contributed by atoms with E-state index < -0.39 is 0 Å². The van der Waals surface area contributed by atoms with E-state index in [-0.39, 0.29) is 5.92 Å². The highest BCUT2D eigenvalue weighted by atomic mass is 16.5. The fourth-order valence-electron chi connectivity index (χ4n) is 3.67. The summed E-state index contributed by atoms with van der Waals surface area (Å²) in [5, 5.41) is 9.44. The maximum Gasteiger partial charge on any atom is 0.234 e. The first-order valence-corrected chi connectivity index (χ1v) is 8.99. The predicted octanol–water partition coefficient (Wildman–Crippen LogP) is 4.06. The van der Waals surface area contributed by atoms with Gasteiger partial charge in [-0.05, 0) is 48.8 Å². The van der Waals surface area contributed by atoms with E-state index in [1.54, 1.807) is 7.11 Å². The fourth-order valence-corrected chi connectivity index (χ4v) is 3.67. The minimum absolute atomic E-state index is 0.276. The van der Waals surface area contributed by atoms with Crippen LogP contribution in [-0.2, 0) is 0 Å². The summed E-state index contributed by atoms with van der Waals surface area (Å²) >= 11 is 0. The Morgan fingerprint density at radius 2 is 1.92 bits per heavy atom. The Balaban J connectivity index is 1.51. The lowest BCUT2D eigenvalue weighted by atomic mass is 9.99. The number of methoxy groups -OCH3 is 1. The molecule has 2 aliphatic rings. The van der Waals surface area contributed by atoms with Gasteiger partial charge in [0.2, 0.25) is 17.5 Å². The van der Waals surface area contributed by atoms with Gasteiger partial charge in [-0.2, -0.15) is 5.26 Å². The van der Waals surface area contributed by atoms with Crippen molar-refractivity contribution in [3.63, 3.8) is 0 Å². The van der Waals surface area contributed by atoms with Crippen molar-refractivity contribution in [3.05, 3.63) is 41.4 Å². The molecule has 2 aromatic rings. The first-order chi connectivity index (χ1) is 12.2. The van der Waals surface area contributed by atoms with Gasteiger partial charge in [0.25, 0.3) is 0 Å². The van der Waals surface area contributed by atoms with Gasteiger partial charge < -0.3 is 14.1 Å². The average Bonchev–Trinajstić information content (AvgIpc) is 3.34. The molecule has 2 atom stereocenters. The maximum atomic E-state index is 9.44. The van der Waals surface area contributed by atoms with Gasteiger partial charge in [-0.1, -0.05) is 19.1 Å². The van der Waals surface area contributed by atoms with Crippen molar-refractivity contribution in [2.24, 2.45) is 5.92 Å². The van der Waals surface area contributed by atoms with Crippen LogP contribution in [0, 0.1) is 17.2 Å². The van der Waals surface area contributed by atoms with E-state index in [1.165, 1.54) is 5.56 Å². The Morgan fingerprint density at radius 3 is 2.56 bits per heavy atom. The van der Waals surface area contributed by atoms with E-state index in [9.17, 15) is 5.26 Å². The molecule has 0 bridgehead atoms. The molecule has 130 valence electrons. The van der Waals surface area contributed by atoms with Crippen molar-refractivity contribution in [2.45, 2.75) is 38.0 Å². The van der Waals surface area contributed by atoms with Crippen molar-refractivity contribution in [1.82, 2.24) is 4.98 Å². The largest absolute Gasteiger partial charge is 0.497 e. The zero-order valence-electron chi connectivity index (χ0n) is 14.7. The first-order valence-electron chi connectivity index (χ1n) is 8.99. The quantitative estimate of drug-likeness (QED) is 0.842. The number of anilines is 1. The first kappa shape index (κ1) is 16.0. The molecule has 2 heterocycles. The lowest BCUT2D eigenvalue weighted by molar-refractivity contribution is 0.408. The van der Waals surface area contributed by atoms with Crippen LogP contribution in [0.5, 0.6) is 5.75 Å². The Morgan fingerprint density at radius 1 is 1.20 bits per heavy atom. The van der Waals surface area contributed by atoms with Gasteiger partial charge in [-0.15, -0.1) is 0 Å². The van der Waals surface area contributed by atoms with Gasteiger partial charge in [0.15, 0.2) is 0 Å². The molecule has 0 N–H and O–H groups in total. The number of hydrogen-bond donors (Lipinski definition) is 0. The zero-order valence-corrected chi connectivity index (χ0v) is 14.7. The van der Waals surface area contributed by atoms with Crippen LogP contribution in [0.1, 0.15) is 55.2 Å². The van der Waals surface area contributed by atoms with Crippen LogP contribution in [0.15, 0.2) is 28.7 Å². The molecule has 1 aromatic carbocycles. The molecule has 1 saturated carbocycles. The lowest BCUT2D eigenvalue weighted by Crippen LogP contribution is -2.32. The van der Waals surface area contributed by atoms with Crippen LogP contribution in [0.2, 0.25) is 0 Å². The number of ether oxygens (including phenoxy) is 1. The minimum atomic E-state index is 0.276. The standard InChI is InChI=1S/C20H23N3O2/c1-13-7-9-23(10-8-13)20-18(12-21)22-19(25-20)17-11-16(17)14-3-5-15(24-2)6-4-14/h3-6,13,16-17H,7-11H2,1-2H3. The lowest BCUT2D eigenvalue weighted by Gasteiger charge is -2.29. The molecule has 4 rings (SSSR count). The smallest absolute Gasteiger partial charge is 0.234 e. The van der Waals surface area contributed by atoms with Gasteiger partial charge in [-0.25, -0.2) is 4.98 Å². The molecule has 5 heteroatoms. The molecule has 1 saturated heterocycles. The summed E-state index contributed by atoms with van der Waals surface area (Å²) in [6.07, 6.45) is 3.30. The highest BCUT2D eigenvalue weighted by Crippen LogP contribution is 2.55. The molecule has 1 aliphatic heterocycles. The topological polar surface area (TPSA) is 62.3 Å². The minimum Gasteiger partial charge on any atom is -0.497 e. The number of piperidine rings is 1. The molecule has 0 radical (unpaired) electrons. The Kier molecular flexibility index (Phi) is 4.12. The Hall–Kier alpha value is -2.48. The average molecular weight is 337 g/mol. The number of hydrogen-bond acceptors (Lipinski definition) is 5. The highest BCUT2D eigenvalue weighted by molar-refractivity contribution is 5.49. The van der Waals surface area contributed by atoms with E-state index in [1.807, 2.05) is 12.1 Å². The number of nitrogens with zero attached hydrogens (tertiary/aromatic N) is 3. The highest BCUT2D eigenvalue weighted by Gasteiger charge is 2.44. The van der Waals surface area contributed by atoms with Gasteiger partial charge in [0.05, 0.1) is 7.11 Å². The molecule has 25 heavy (non-hydrogen) atoms. The summed E-state index contributed by atoms with van der Waals surface area (Å²) in [6.45, 7) is 4.16. The number of rotatable bonds is 4.